The standard InChI is InChI=1S/C25H30N6O/c1-3-4-5-9-16-26-24(32)18-30-22(20-10-7-6-8-11-20)17-23(31-25(30)27-28-29-31)21-14-12-19(2)13-15-21/h6-8,10-15,17,23H,3-5,9,16,18H2,1-2H3,(H,26,32)/t23-/m0/s1. The molecule has 0 saturated heterocycles. The van der Waals surface area contributed by atoms with Crippen LogP contribution in [0.1, 0.15) is 55.3 Å². The van der Waals surface area contributed by atoms with Crippen molar-refractivity contribution in [3.63, 3.8) is 0 Å². The van der Waals surface area contributed by atoms with E-state index in [1.54, 1.807) is 4.68 Å². The molecule has 166 valence electrons. The van der Waals surface area contributed by atoms with Crippen LogP contribution in [0, 0.1) is 6.92 Å². The molecular formula is C25H30N6O. The van der Waals surface area contributed by atoms with Gasteiger partial charge in [-0.05, 0) is 41.0 Å². The molecular weight excluding hydrogens is 400 g/mol. The van der Waals surface area contributed by atoms with Gasteiger partial charge in [-0.25, -0.2) is 0 Å². The molecule has 0 unspecified atom stereocenters. The van der Waals surface area contributed by atoms with Gasteiger partial charge < -0.3 is 5.32 Å². The highest BCUT2D eigenvalue weighted by molar-refractivity contribution is 5.89. The van der Waals surface area contributed by atoms with E-state index >= 15 is 0 Å². The number of carbonyl (C=O) groups is 1. The minimum atomic E-state index is -0.149. The summed E-state index contributed by atoms with van der Waals surface area (Å²) in [6.07, 6.45) is 6.63. The van der Waals surface area contributed by atoms with Gasteiger partial charge in [0.15, 0.2) is 0 Å². The molecule has 3 aromatic rings. The van der Waals surface area contributed by atoms with E-state index in [0.717, 1.165) is 29.7 Å². The van der Waals surface area contributed by atoms with Gasteiger partial charge in [0, 0.05) is 6.54 Å². The van der Waals surface area contributed by atoms with Crippen LogP contribution in [-0.4, -0.2) is 39.2 Å². The Kier molecular flexibility index (Phi) is 6.94. The number of aryl methyl sites for hydroxylation is 1. The Balaban J connectivity index is 1.62. The summed E-state index contributed by atoms with van der Waals surface area (Å²) in [6, 6.07) is 18.3. The summed E-state index contributed by atoms with van der Waals surface area (Å²) in [7, 11) is 0. The lowest BCUT2D eigenvalue weighted by Gasteiger charge is -2.32. The van der Waals surface area contributed by atoms with Crippen molar-refractivity contribution in [2.45, 2.75) is 45.6 Å². The van der Waals surface area contributed by atoms with Crippen LogP contribution in [0.25, 0.3) is 5.70 Å². The van der Waals surface area contributed by atoms with Gasteiger partial charge >= 0.3 is 0 Å². The number of amides is 1. The van der Waals surface area contributed by atoms with Crippen LogP contribution >= 0.6 is 0 Å². The van der Waals surface area contributed by atoms with E-state index in [-0.39, 0.29) is 18.5 Å². The third-order valence-corrected chi connectivity index (χ3v) is 5.73. The van der Waals surface area contributed by atoms with Crippen LogP contribution in [0.15, 0.2) is 60.7 Å². The lowest BCUT2D eigenvalue weighted by Crippen LogP contribution is -2.40. The highest BCUT2D eigenvalue weighted by atomic mass is 16.2. The molecule has 7 heteroatoms. The van der Waals surface area contributed by atoms with Gasteiger partial charge in [0.05, 0.1) is 5.70 Å². The predicted molar refractivity (Wildman–Crippen MR) is 126 cm³/mol. The summed E-state index contributed by atoms with van der Waals surface area (Å²) in [6.45, 7) is 5.10. The van der Waals surface area contributed by atoms with Crippen molar-refractivity contribution in [3.05, 3.63) is 77.4 Å². The van der Waals surface area contributed by atoms with Gasteiger partial charge in [-0.15, -0.1) is 0 Å². The first-order valence-corrected chi connectivity index (χ1v) is 11.3. The summed E-state index contributed by atoms with van der Waals surface area (Å²) in [5, 5.41) is 15.5. The molecule has 0 aliphatic carbocycles. The molecule has 0 fully saturated rings. The molecule has 1 amide bonds. The second kappa shape index (κ2) is 10.2. The molecule has 4 rings (SSSR count). The average molecular weight is 431 g/mol. The Morgan fingerprint density at radius 1 is 1.03 bits per heavy atom. The van der Waals surface area contributed by atoms with Gasteiger partial charge in [0.25, 0.3) is 5.95 Å². The first-order chi connectivity index (χ1) is 15.7. The lowest BCUT2D eigenvalue weighted by molar-refractivity contribution is -0.119. The molecule has 32 heavy (non-hydrogen) atoms. The Bertz CT molecular complexity index is 1060. The number of hydrogen-bond donors (Lipinski definition) is 1. The number of anilines is 1. The van der Waals surface area contributed by atoms with Crippen molar-refractivity contribution in [2.75, 3.05) is 18.0 Å². The largest absolute Gasteiger partial charge is 0.355 e. The number of fused-ring (bicyclic) bond motifs is 1. The zero-order valence-corrected chi connectivity index (χ0v) is 18.7. The second-order valence-electron chi connectivity index (χ2n) is 8.19. The number of nitrogens with zero attached hydrogens (tertiary/aromatic N) is 5. The molecule has 0 bridgehead atoms. The van der Waals surface area contributed by atoms with Crippen molar-refractivity contribution in [2.24, 2.45) is 0 Å². The minimum absolute atomic E-state index is 0.0355. The number of carbonyl (C=O) groups excluding carboxylic acids is 1. The molecule has 2 heterocycles. The normalized spacial score (nSPS) is 15.2. The summed E-state index contributed by atoms with van der Waals surface area (Å²) >= 11 is 0. The van der Waals surface area contributed by atoms with Crippen molar-refractivity contribution in [1.82, 2.24) is 25.5 Å². The van der Waals surface area contributed by atoms with Gasteiger partial charge in [-0.1, -0.05) is 91.4 Å². The number of allylic oxidation sites excluding steroid dienone is 1. The van der Waals surface area contributed by atoms with E-state index < -0.39 is 0 Å². The highest BCUT2D eigenvalue weighted by Crippen LogP contribution is 2.36. The minimum Gasteiger partial charge on any atom is -0.355 e. The number of rotatable bonds is 9. The summed E-state index contributed by atoms with van der Waals surface area (Å²) in [5.74, 6) is 0.532. The van der Waals surface area contributed by atoms with Gasteiger partial charge in [0.2, 0.25) is 5.91 Å². The van der Waals surface area contributed by atoms with E-state index in [2.05, 4.69) is 65.0 Å². The number of aromatic nitrogens is 4. The summed E-state index contributed by atoms with van der Waals surface area (Å²) in [4.78, 5) is 14.7. The molecule has 0 saturated carbocycles. The van der Waals surface area contributed by atoms with E-state index in [1.165, 1.54) is 18.4 Å². The number of nitrogens with one attached hydrogen (secondary N) is 1. The van der Waals surface area contributed by atoms with Crippen molar-refractivity contribution in [1.29, 1.82) is 0 Å². The van der Waals surface area contributed by atoms with Crippen molar-refractivity contribution < 1.29 is 4.79 Å². The predicted octanol–water partition coefficient (Wildman–Crippen LogP) is 4.13. The molecule has 1 aromatic heterocycles. The molecule has 1 N–H and O–H groups in total. The maximum absolute atomic E-state index is 12.8. The van der Waals surface area contributed by atoms with Crippen LogP contribution in [0.5, 0.6) is 0 Å². The zero-order chi connectivity index (χ0) is 22.3. The first kappa shape index (κ1) is 21.7. The summed E-state index contributed by atoms with van der Waals surface area (Å²) in [5.41, 5.74) is 4.25. The molecule has 1 aliphatic rings. The van der Waals surface area contributed by atoms with Crippen molar-refractivity contribution >= 4 is 17.6 Å². The fraction of sp³-hybridized carbons (Fsp3) is 0.360. The third-order valence-electron chi connectivity index (χ3n) is 5.73. The fourth-order valence-electron chi connectivity index (χ4n) is 3.96. The monoisotopic (exact) mass is 430 g/mol. The molecule has 0 radical (unpaired) electrons. The topological polar surface area (TPSA) is 75.9 Å². The van der Waals surface area contributed by atoms with Crippen LogP contribution in [-0.2, 0) is 4.79 Å². The van der Waals surface area contributed by atoms with Gasteiger partial charge in [-0.3, -0.25) is 9.69 Å². The van der Waals surface area contributed by atoms with E-state index in [4.69, 9.17) is 0 Å². The van der Waals surface area contributed by atoms with E-state index in [1.807, 2.05) is 35.2 Å². The van der Waals surface area contributed by atoms with Crippen LogP contribution in [0.3, 0.4) is 0 Å². The molecule has 1 aliphatic heterocycles. The maximum Gasteiger partial charge on any atom is 0.251 e. The van der Waals surface area contributed by atoms with Gasteiger partial charge in [-0.2, -0.15) is 4.68 Å². The second-order valence-corrected chi connectivity index (χ2v) is 8.19. The quantitative estimate of drug-likeness (QED) is 0.517. The number of hydrogen-bond acceptors (Lipinski definition) is 5. The Hall–Kier alpha value is -3.48. The average Bonchev–Trinajstić information content (AvgIpc) is 3.31. The Labute approximate surface area is 189 Å². The van der Waals surface area contributed by atoms with E-state index in [9.17, 15) is 4.79 Å². The van der Waals surface area contributed by atoms with Crippen LogP contribution in [0.4, 0.5) is 5.95 Å². The van der Waals surface area contributed by atoms with Crippen molar-refractivity contribution in [3.8, 4) is 0 Å². The zero-order valence-electron chi connectivity index (χ0n) is 18.7. The summed E-state index contributed by atoms with van der Waals surface area (Å²) < 4.78 is 1.78. The highest BCUT2D eigenvalue weighted by Gasteiger charge is 2.31. The number of tetrazole rings is 1. The van der Waals surface area contributed by atoms with Crippen LogP contribution < -0.4 is 10.2 Å². The third kappa shape index (κ3) is 4.88. The maximum atomic E-state index is 12.8. The Morgan fingerprint density at radius 2 is 1.81 bits per heavy atom. The molecule has 0 spiro atoms. The van der Waals surface area contributed by atoms with Crippen LogP contribution in [0.2, 0.25) is 0 Å². The smallest absolute Gasteiger partial charge is 0.251 e. The first-order valence-electron chi connectivity index (χ1n) is 11.3. The van der Waals surface area contributed by atoms with Gasteiger partial charge in [0.1, 0.15) is 12.6 Å². The lowest BCUT2D eigenvalue weighted by atomic mass is 10.00. The fourth-order valence-corrected chi connectivity index (χ4v) is 3.96. The molecule has 7 nitrogen and oxygen atoms in total. The number of unbranched alkanes of at least 4 members (excludes halogenated alkanes) is 3. The molecule has 1 atom stereocenters. The Morgan fingerprint density at radius 3 is 2.56 bits per heavy atom. The van der Waals surface area contributed by atoms with E-state index in [0.29, 0.717) is 12.5 Å². The SMILES string of the molecule is CCCCCCNC(=O)CN1C(c2ccccc2)=C[C@@H](c2ccc(C)cc2)n2nnnc21. The molecule has 2 aromatic carbocycles. The number of benzene rings is 2.